The van der Waals surface area contributed by atoms with Crippen LogP contribution in [0.2, 0.25) is 0 Å². The molecule has 0 atom stereocenters. The molecule has 7 nitrogen and oxygen atoms in total. The highest BCUT2D eigenvalue weighted by Gasteiger charge is 2.14. The predicted octanol–water partition coefficient (Wildman–Crippen LogP) is 4.81. The van der Waals surface area contributed by atoms with Gasteiger partial charge in [-0.25, -0.2) is 5.43 Å². The van der Waals surface area contributed by atoms with Crippen molar-refractivity contribution in [3.05, 3.63) is 71.5 Å². The van der Waals surface area contributed by atoms with Gasteiger partial charge in [0.1, 0.15) is 11.4 Å². The van der Waals surface area contributed by atoms with E-state index in [2.05, 4.69) is 32.6 Å². The standard InChI is InChI=1S/C24H25N5O2/c1-3-4-13-31-23-12-8-6-10-18(23)21-14-22(28-27-21)24(30)29-25-15-19-16(2)26-20-11-7-5-9-17(19)20/h5-12,14-15,26H,3-4,13H2,1-2H3,(H,27,28)(H,29,30). The Kier molecular flexibility index (Phi) is 6.12. The lowest BCUT2D eigenvalue weighted by Gasteiger charge is -2.09. The van der Waals surface area contributed by atoms with E-state index in [0.29, 0.717) is 18.0 Å². The number of benzene rings is 2. The average Bonchev–Trinajstić information content (AvgIpc) is 3.39. The van der Waals surface area contributed by atoms with E-state index < -0.39 is 0 Å². The van der Waals surface area contributed by atoms with Crippen LogP contribution in [0.1, 0.15) is 41.5 Å². The molecular weight excluding hydrogens is 390 g/mol. The van der Waals surface area contributed by atoms with Crippen molar-refractivity contribution in [3.8, 4) is 17.0 Å². The molecule has 0 aliphatic heterocycles. The molecule has 0 unspecified atom stereocenters. The van der Waals surface area contributed by atoms with E-state index in [0.717, 1.165) is 46.3 Å². The summed E-state index contributed by atoms with van der Waals surface area (Å²) in [4.78, 5) is 15.8. The zero-order chi connectivity index (χ0) is 21.6. The molecule has 0 fully saturated rings. The van der Waals surface area contributed by atoms with Gasteiger partial charge in [0.15, 0.2) is 0 Å². The lowest BCUT2D eigenvalue weighted by Crippen LogP contribution is -2.18. The molecule has 2 aromatic heterocycles. The zero-order valence-corrected chi connectivity index (χ0v) is 17.6. The Balaban J connectivity index is 1.47. The largest absolute Gasteiger partial charge is 0.493 e. The number of rotatable bonds is 8. The fourth-order valence-electron chi connectivity index (χ4n) is 3.39. The van der Waals surface area contributed by atoms with Crippen molar-refractivity contribution in [2.75, 3.05) is 6.61 Å². The minimum Gasteiger partial charge on any atom is -0.493 e. The number of carbonyl (C=O) groups is 1. The Hall–Kier alpha value is -3.87. The Morgan fingerprint density at radius 3 is 2.87 bits per heavy atom. The predicted molar refractivity (Wildman–Crippen MR) is 123 cm³/mol. The van der Waals surface area contributed by atoms with Crippen LogP contribution in [0.25, 0.3) is 22.2 Å². The summed E-state index contributed by atoms with van der Waals surface area (Å²) in [7, 11) is 0. The van der Waals surface area contributed by atoms with Gasteiger partial charge >= 0.3 is 0 Å². The van der Waals surface area contributed by atoms with Gasteiger partial charge in [-0.2, -0.15) is 10.2 Å². The number of para-hydroxylation sites is 2. The van der Waals surface area contributed by atoms with Crippen molar-refractivity contribution in [2.24, 2.45) is 5.10 Å². The molecule has 0 saturated heterocycles. The van der Waals surface area contributed by atoms with E-state index in [1.165, 1.54) is 0 Å². The molecule has 4 aromatic rings. The van der Waals surface area contributed by atoms with Crippen LogP contribution in [0.15, 0.2) is 59.7 Å². The Morgan fingerprint density at radius 1 is 1.19 bits per heavy atom. The maximum Gasteiger partial charge on any atom is 0.289 e. The van der Waals surface area contributed by atoms with Gasteiger partial charge in [0.25, 0.3) is 5.91 Å². The number of ether oxygens (including phenoxy) is 1. The van der Waals surface area contributed by atoms with Crippen LogP contribution in [0, 0.1) is 6.92 Å². The number of fused-ring (bicyclic) bond motifs is 1. The first-order valence-corrected chi connectivity index (χ1v) is 10.4. The van der Waals surface area contributed by atoms with Crippen LogP contribution in [0.5, 0.6) is 5.75 Å². The van der Waals surface area contributed by atoms with Gasteiger partial charge in [0.2, 0.25) is 0 Å². The number of carbonyl (C=O) groups excluding carboxylic acids is 1. The minimum atomic E-state index is -0.364. The van der Waals surface area contributed by atoms with Crippen LogP contribution >= 0.6 is 0 Å². The summed E-state index contributed by atoms with van der Waals surface area (Å²) in [5.41, 5.74) is 7.34. The van der Waals surface area contributed by atoms with E-state index in [1.807, 2.05) is 55.5 Å². The minimum absolute atomic E-state index is 0.325. The highest BCUT2D eigenvalue weighted by molar-refractivity contribution is 6.01. The van der Waals surface area contributed by atoms with Crippen LogP contribution in [-0.4, -0.2) is 33.9 Å². The van der Waals surface area contributed by atoms with Crippen LogP contribution in [0.3, 0.4) is 0 Å². The molecule has 0 bridgehead atoms. The summed E-state index contributed by atoms with van der Waals surface area (Å²) in [5.74, 6) is 0.388. The van der Waals surface area contributed by atoms with Gasteiger partial charge in [0, 0.05) is 27.7 Å². The maximum absolute atomic E-state index is 12.5. The number of aromatic amines is 2. The first-order chi connectivity index (χ1) is 15.2. The molecule has 7 heteroatoms. The molecule has 0 spiro atoms. The smallest absolute Gasteiger partial charge is 0.289 e. The SMILES string of the molecule is CCCCOc1ccccc1-c1cc(C(=O)NN=Cc2c(C)[nH]c3ccccc23)[nH]n1. The number of hydrogen-bond acceptors (Lipinski definition) is 4. The van der Waals surface area contributed by atoms with Gasteiger partial charge in [-0.05, 0) is 37.6 Å². The van der Waals surface area contributed by atoms with Gasteiger partial charge in [-0.3, -0.25) is 9.89 Å². The average molecular weight is 415 g/mol. The topological polar surface area (TPSA) is 95.2 Å². The van der Waals surface area contributed by atoms with Crippen molar-refractivity contribution in [2.45, 2.75) is 26.7 Å². The maximum atomic E-state index is 12.5. The number of amides is 1. The summed E-state index contributed by atoms with van der Waals surface area (Å²) in [6.45, 7) is 4.74. The second kappa shape index (κ2) is 9.30. The third-order valence-corrected chi connectivity index (χ3v) is 5.04. The normalized spacial score (nSPS) is 11.3. The second-order valence-corrected chi connectivity index (χ2v) is 7.27. The monoisotopic (exact) mass is 415 g/mol. The molecule has 4 rings (SSSR count). The van der Waals surface area contributed by atoms with Crippen molar-refractivity contribution in [1.82, 2.24) is 20.6 Å². The third-order valence-electron chi connectivity index (χ3n) is 5.04. The van der Waals surface area contributed by atoms with Crippen molar-refractivity contribution in [3.63, 3.8) is 0 Å². The highest BCUT2D eigenvalue weighted by Crippen LogP contribution is 2.29. The fraction of sp³-hybridized carbons (Fsp3) is 0.208. The number of H-pyrrole nitrogens is 2. The van der Waals surface area contributed by atoms with Crippen molar-refractivity contribution < 1.29 is 9.53 Å². The number of nitrogens with zero attached hydrogens (tertiary/aromatic N) is 2. The molecule has 0 aliphatic rings. The second-order valence-electron chi connectivity index (χ2n) is 7.27. The van der Waals surface area contributed by atoms with E-state index in [1.54, 1.807) is 12.3 Å². The van der Waals surface area contributed by atoms with Crippen LogP contribution in [-0.2, 0) is 0 Å². The number of aryl methyl sites for hydroxylation is 1. The molecule has 2 heterocycles. The van der Waals surface area contributed by atoms with Gasteiger partial charge in [0.05, 0.1) is 18.5 Å². The van der Waals surface area contributed by atoms with Crippen LogP contribution in [0.4, 0.5) is 0 Å². The lowest BCUT2D eigenvalue weighted by molar-refractivity contribution is 0.0950. The van der Waals surface area contributed by atoms with E-state index >= 15 is 0 Å². The number of hydrazone groups is 1. The number of aromatic nitrogens is 3. The summed E-state index contributed by atoms with van der Waals surface area (Å²) in [6.07, 6.45) is 3.70. The summed E-state index contributed by atoms with van der Waals surface area (Å²) in [5, 5.41) is 12.3. The van der Waals surface area contributed by atoms with Gasteiger partial charge in [-0.1, -0.05) is 43.7 Å². The Morgan fingerprint density at radius 2 is 2.00 bits per heavy atom. The third kappa shape index (κ3) is 4.50. The first-order valence-electron chi connectivity index (χ1n) is 10.4. The van der Waals surface area contributed by atoms with E-state index in [-0.39, 0.29) is 5.91 Å². The molecule has 0 radical (unpaired) electrons. The molecule has 2 aromatic carbocycles. The molecular formula is C24H25N5O2. The first kappa shape index (κ1) is 20.4. The molecule has 0 saturated carbocycles. The quantitative estimate of drug-likeness (QED) is 0.219. The number of hydrogen-bond donors (Lipinski definition) is 3. The summed E-state index contributed by atoms with van der Waals surface area (Å²) < 4.78 is 5.87. The zero-order valence-electron chi connectivity index (χ0n) is 17.6. The van der Waals surface area contributed by atoms with E-state index in [9.17, 15) is 4.79 Å². The molecule has 158 valence electrons. The summed E-state index contributed by atoms with van der Waals surface area (Å²) in [6, 6.07) is 17.4. The van der Waals surface area contributed by atoms with Crippen molar-refractivity contribution >= 4 is 23.0 Å². The highest BCUT2D eigenvalue weighted by atomic mass is 16.5. The van der Waals surface area contributed by atoms with Gasteiger partial charge in [-0.15, -0.1) is 0 Å². The summed E-state index contributed by atoms with van der Waals surface area (Å²) >= 11 is 0. The van der Waals surface area contributed by atoms with E-state index in [4.69, 9.17) is 4.74 Å². The molecule has 31 heavy (non-hydrogen) atoms. The van der Waals surface area contributed by atoms with Crippen LogP contribution < -0.4 is 10.2 Å². The number of nitrogens with one attached hydrogen (secondary N) is 3. The van der Waals surface area contributed by atoms with Crippen molar-refractivity contribution in [1.29, 1.82) is 0 Å². The molecule has 1 amide bonds. The Labute approximate surface area is 180 Å². The molecule has 0 aliphatic carbocycles. The number of unbranched alkanes of at least 4 members (excludes halogenated alkanes) is 1. The Bertz CT molecular complexity index is 1220. The fourth-order valence-corrected chi connectivity index (χ4v) is 3.39. The lowest BCUT2D eigenvalue weighted by atomic mass is 10.1. The van der Waals surface area contributed by atoms with Gasteiger partial charge < -0.3 is 9.72 Å². The molecule has 3 N–H and O–H groups in total.